The fourth-order valence-corrected chi connectivity index (χ4v) is 3.75. The molecule has 0 aromatic carbocycles. The fourth-order valence-electron chi connectivity index (χ4n) is 3.75. The summed E-state index contributed by atoms with van der Waals surface area (Å²) in [5.41, 5.74) is 0. The van der Waals surface area contributed by atoms with E-state index in [1.807, 2.05) is 16.5 Å². The van der Waals surface area contributed by atoms with E-state index in [-0.39, 0.29) is 0 Å². The molecule has 24 heavy (non-hydrogen) atoms. The van der Waals surface area contributed by atoms with Gasteiger partial charge < -0.3 is 14.2 Å². The van der Waals surface area contributed by atoms with Gasteiger partial charge in [-0.2, -0.15) is 13.2 Å². The van der Waals surface area contributed by atoms with Gasteiger partial charge in [0.15, 0.2) is 0 Å². The molecule has 2 heterocycles. The Morgan fingerprint density at radius 2 is 1.88 bits per heavy atom. The third kappa shape index (κ3) is 4.40. The monoisotopic (exact) mass is 346 g/mol. The minimum Gasteiger partial charge on any atom is -0.367 e. The summed E-state index contributed by atoms with van der Waals surface area (Å²) in [4.78, 5) is 2.00. The molecule has 1 atom stereocenters. The minimum absolute atomic E-state index is 0.407. The highest BCUT2D eigenvalue weighted by Gasteiger charge is 2.31. The standard InChI is InChI=1S/C16H25F3N4O/c1-22-14(9-12-5-2-3-6-12)20-21-15(22)23-8-4-7-13(10-23)24-11-16(17,18)19/h12-13H,2-11H2,1H3. The third-order valence-corrected chi connectivity index (χ3v) is 5.03. The second-order valence-electron chi connectivity index (χ2n) is 6.97. The van der Waals surface area contributed by atoms with Gasteiger partial charge in [0.05, 0.1) is 6.10 Å². The molecule has 2 aliphatic rings. The molecule has 1 unspecified atom stereocenters. The van der Waals surface area contributed by atoms with Gasteiger partial charge in [-0.3, -0.25) is 0 Å². The van der Waals surface area contributed by atoms with Crippen LogP contribution >= 0.6 is 0 Å². The smallest absolute Gasteiger partial charge is 0.367 e. The van der Waals surface area contributed by atoms with Crippen LogP contribution < -0.4 is 4.90 Å². The average Bonchev–Trinajstić information content (AvgIpc) is 3.16. The molecule has 1 aromatic rings. The zero-order valence-electron chi connectivity index (χ0n) is 14.1. The van der Waals surface area contributed by atoms with Crippen molar-refractivity contribution in [2.24, 2.45) is 13.0 Å². The maximum absolute atomic E-state index is 12.3. The molecule has 0 spiro atoms. The van der Waals surface area contributed by atoms with E-state index in [2.05, 4.69) is 10.2 Å². The lowest BCUT2D eigenvalue weighted by Gasteiger charge is -2.33. The van der Waals surface area contributed by atoms with Crippen LogP contribution in [0.3, 0.4) is 0 Å². The van der Waals surface area contributed by atoms with Crippen molar-refractivity contribution in [3.63, 3.8) is 0 Å². The molecule has 1 aliphatic heterocycles. The first kappa shape index (κ1) is 17.5. The minimum atomic E-state index is -4.28. The Hall–Kier alpha value is -1.31. The number of ether oxygens (including phenoxy) is 1. The number of halogens is 3. The predicted octanol–water partition coefficient (Wildman–Crippen LogP) is 3.10. The van der Waals surface area contributed by atoms with Gasteiger partial charge in [0.1, 0.15) is 12.4 Å². The van der Waals surface area contributed by atoms with Crippen LogP contribution in [-0.2, 0) is 18.2 Å². The van der Waals surface area contributed by atoms with Gasteiger partial charge >= 0.3 is 6.18 Å². The van der Waals surface area contributed by atoms with Crippen LogP contribution in [0.5, 0.6) is 0 Å². The molecule has 0 radical (unpaired) electrons. The van der Waals surface area contributed by atoms with Crippen molar-refractivity contribution in [3.8, 4) is 0 Å². The number of rotatable bonds is 5. The van der Waals surface area contributed by atoms with E-state index in [0.717, 1.165) is 31.2 Å². The molecule has 3 rings (SSSR count). The Kier molecular flexibility index (Phi) is 5.32. The summed E-state index contributed by atoms with van der Waals surface area (Å²) < 4.78 is 44.0. The molecule has 0 amide bonds. The number of aromatic nitrogens is 3. The molecule has 0 bridgehead atoms. The van der Waals surface area contributed by atoms with Gasteiger partial charge in [-0.05, 0) is 18.8 Å². The lowest BCUT2D eigenvalue weighted by atomic mass is 10.0. The van der Waals surface area contributed by atoms with Crippen LogP contribution in [0.25, 0.3) is 0 Å². The molecule has 2 fully saturated rings. The topological polar surface area (TPSA) is 43.2 Å². The zero-order chi connectivity index (χ0) is 17.2. The van der Waals surface area contributed by atoms with Crippen LogP contribution in [-0.4, -0.2) is 46.7 Å². The van der Waals surface area contributed by atoms with Crippen molar-refractivity contribution >= 4 is 5.95 Å². The van der Waals surface area contributed by atoms with Crippen molar-refractivity contribution in [1.82, 2.24) is 14.8 Å². The molecule has 5 nitrogen and oxygen atoms in total. The van der Waals surface area contributed by atoms with Crippen molar-refractivity contribution in [3.05, 3.63) is 5.82 Å². The molecular weight excluding hydrogens is 321 g/mol. The van der Waals surface area contributed by atoms with Crippen molar-refractivity contribution in [2.75, 3.05) is 24.6 Å². The van der Waals surface area contributed by atoms with Crippen LogP contribution in [0.4, 0.5) is 19.1 Å². The Labute approximate surface area is 140 Å². The van der Waals surface area contributed by atoms with Crippen molar-refractivity contribution in [2.45, 2.75) is 57.2 Å². The van der Waals surface area contributed by atoms with Crippen molar-refractivity contribution in [1.29, 1.82) is 0 Å². The van der Waals surface area contributed by atoms with Crippen LogP contribution in [0.2, 0.25) is 0 Å². The Bertz CT molecular complexity index is 540. The summed E-state index contributed by atoms with van der Waals surface area (Å²) in [5.74, 6) is 2.39. The van der Waals surface area contributed by atoms with E-state index < -0.39 is 18.9 Å². The van der Waals surface area contributed by atoms with Crippen LogP contribution in [0.1, 0.15) is 44.3 Å². The van der Waals surface area contributed by atoms with Crippen molar-refractivity contribution < 1.29 is 17.9 Å². The van der Waals surface area contributed by atoms with Gasteiger partial charge in [0.2, 0.25) is 5.95 Å². The maximum Gasteiger partial charge on any atom is 0.411 e. The molecule has 1 aliphatic carbocycles. The van der Waals surface area contributed by atoms with Crippen LogP contribution in [0, 0.1) is 5.92 Å². The summed E-state index contributed by atoms with van der Waals surface area (Å²) in [6.07, 6.45) is 2.78. The molecule has 1 aromatic heterocycles. The van der Waals surface area contributed by atoms with Gasteiger partial charge in [-0.1, -0.05) is 25.7 Å². The first-order valence-electron chi connectivity index (χ1n) is 8.74. The van der Waals surface area contributed by atoms with E-state index >= 15 is 0 Å². The van der Waals surface area contributed by atoms with E-state index in [9.17, 15) is 13.2 Å². The quantitative estimate of drug-likeness (QED) is 0.822. The number of anilines is 1. The molecule has 8 heteroatoms. The largest absolute Gasteiger partial charge is 0.411 e. The average molecular weight is 346 g/mol. The second-order valence-corrected chi connectivity index (χ2v) is 6.97. The fraction of sp³-hybridized carbons (Fsp3) is 0.875. The molecule has 136 valence electrons. The van der Waals surface area contributed by atoms with E-state index in [1.54, 1.807) is 0 Å². The lowest BCUT2D eigenvalue weighted by molar-refractivity contribution is -0.185. The van der Waals surface area contributed by atoms with Gasteiger partial charge in [0.25, 0.3) is 0 Å². The van der Waals surface area contributed by atoms with E-state index in [4.69, 9.17) is 4.74 Å². The highest BCUT2D eigenvalue weighted by Crippen LogP contribution is 2.28. The molecule has 1 saturated heterocycles. The van der Waals surface area contributed by atoms with E-state index in [0.29, 0.717) is 18.9 Å². The number of hydrogen-bond donors (Lipinski definition) is 0. The highest BCUT2D eigenvalue weighted by atomic mass is 19.4. The normalized spacial score (nSPS) is 23.2. The Morgan fingerprint density at radius 3 is 2.58 bits per heavy atom. The number of piperidine rings is 1. The Balaban J connectivity index is 1.60. The lowest BCUT2D eigenvalue weighted by Crippen LogP contribution is -2.42. The van der Waals surface area contributed by atoms with Crippen LogP contribution in [0.15, 0.2) is 0 Å². The Morgan fingerprint density at radius 1 is 1.12 bits per heavy atom. The molecule has 0 N–H and O–H groups in total. The first-order chi connectivity index (χ1) is 11.4. The highest BCUT2D eigenvalue weighted by molar-refractivity contribution is 5.32. The number of hydrogen-bond acceptors (Lipinski definition) is 4. The predicted molar refractivity (Wildman–Crippen MR) is 83.9 cm³/mol. The maximum atomic E-state index is 12.3. The van der Waals surface area contributed by atoms with Gasteiger partial charge in [-0.25, -0.2) is 0 Å². The number of alkyl halides is 3. The summed E-state index contributed by atoms with van der Waals surface area (Å²) in [6.45, 7) is 0.0318. The SMILES string of the molecule is Cn1c(CC2CCCC2)nnc1N1CCCC(OCC(F)(F)F)C1. The van der Waals surface area contributed by atoms with E-state index in [1.165, 1.54) is 25.7 Å². The zero-order valence-corrected chi connectivity index (χ0v) is 14.1. The number of nitrogens with zero attached hydrogens (tertiary/aromatic N) is 4. The summed E-state index contributed by atoms with van der Waals surface area (Å²) in [7, 11) is 1.94. The summed E-state index contributed by atoms with van der Waals surface area (Å²) in [6, 6.07) is 0. The summed E-state index contributed by atoms with van der Waals surface area (Å²) >= 11 is 0. The molecule has 1 saturated carbocycles. The third-order valence-electron chi connectivity index (χ3n) is 5.03. The van der Waals surface area contributed by atoms with Gasteiger partial charge in [-0.15, -0.1) is 10.2 Å². The summed E-state index contributed by atoms with van der Waals surface area (Å²) in [5, 5.41) is 8.60. The molecular formula is C16H25F3N4O. The van der Waals surface area contributed by atoms with Gasteiger partial charge in [0, 0.05) is 26.6 Å². The first-order valence-corrected chi connectivity index (χ1v) is 8.74. The second kappa shape index (κ2) is 7.29.